The van der Waals surface area contributed by atoms with Gasteiger partial charge in [-0.2, -0.15) is 5.17 Å². The Morgan fingerprint density at radius 3 is 3.20 bits per heavy atom. The molecule has 0 saturated carbocycles. The van der Waals surface area contributed by atoms with Crippen LogP contribution in [0, 0.1) is 5.21 Å². The number of quaternary nitrogens is 1. The Bertz CT molecular complexity index is 285. The van der Waals surface area contributed by atoms with Crippen LogP contribution in [0.3, 0.4) is 0 Å². The van der Waals surface area contributed by atoms with Crippen LogP contribution in [0.15, 0.2) is 28.7 Å². The lowest BCUT2D eigenvalue weighted by atomic mass is 10.4. The van der Waals surface area contributed by atoms with Crippen molar-refractivity contribution in [1.29, 1.82) is 0 Å². The predicted molar refractivity (Wildman–Crippen MR) is 32.7 cm³/mol. The van der Waals surface area contributed by atoms with E-state index in [1.54, 1.807) is 18.3 Å². The van der Waals surface area contributed by atoms with Gasteiger partial charge in [-0.3, -0.25) is 0 Å². The zero-order valence-electron chi connectivity index (χ0n) is 4.98. The van der Waals surface area contributed by atoms with Crippen LogP contribution in [0.1, 0.15) is 0 Å². The van der Waals surface area contributed by atoms with Crippen molar-refractivity contribution in [2.75, 3.05) is 0 Å². The highest BCUT2D eigenvalue weighted by molar-refractivity contribution is 5.51. The Kier molecular flexibility index (Phi) is 0.996. The van der Waals surface area contributed by atoms with E-state index in [9.17, 15) is 5.21 Å². The summed E-state index contributed by atoms with van der Waals surface area (Å²) in [5, 5.41) is 17.3. The van der Waals surface area contributed by atoms with Crippen LogP contribution >= 0.6 is 0 Å². The average molecular weight is 136 g/mol. The monoisotopic (exact) mass is 136 g/mol. The highest BCUT2D eigenvalue weighted by Gasteiger charge is 2.16. The van der Waals surface area contributed by atoms with Crippen LogP contribution in [0.2, 0.25) is 0 Å². The van der Waals surface area contributed by atoms with E-state index in [-0.39, 0.29) is 5.17 Å². The molecule has 0 aliphatic carbocycles. The van der Waals surface area contributed by atoms with Gasteiger partial charge in [0.15, 0.2) is 5.69 Å². The molecule has 50 valence electrons. The normalized spacial score (nSPS) is 21.1. The first-order valence-electron chi connectivity index (χ1n) is 2.79. The maximum atomic E-state index is 10.7. The molecule has 0 saturated heterocycles. The summed E-state index contributed by atoms with van der Waals surface area (Å²) in [7, 11) is 0. The molecule has 0 bridgehead atoms. The summed E-state index contributed by atoms with van der Waals surface area (Å²) < 4.78 is 0. The van der Waals surface area contributed by atoms with E-state index < -0.39 is 0 Å². The minimum Gasteiger partial charge on any atom is -0.598 e. The molecular weight excluding hydrogens is 132 g/mol. The number of nitrogens with zero attached hydrogens (tertiary/aromatic N) is 3. The summed E-state index contributed by atoms with van der Waals surface area (Å²) in [4.78, 5) is 3.80. The smallest absolute Gasteiger partial charge is 0.282 e. The molecule has 0 spiro atoms. The zero-order valence-corrected chi connectivity index (χ0v) is 4.98. The van der Waals surface area contributed by atoms with Crippen LogP contribution in [-0.2, 0) is 0 Å². The highest BCUT2D eigenvalue weighted by Crippen LogP contribution is 2.20. The van der Waals surface area contributed by atoms with Crippen molar-refractivity contribution in [2.45, 2.75) is 0 Å². The molecule has 0 fully saturated rings. The van der Waals surface area contributed by atoms with Gasteiger partial charge >= 0.3 is 0 Å². The molecule has 2 rings (SSSR count). The molecule has 1 aromatic heterocycles. The number of hydrogen-bond acceptors (Lipinski definition) is 4. The molecule has 1 aromatic rings. The molecule has 0 aromatic carbocycles. The lowest BCUT2D eigenvalue weighted by molar-refractivity contribution is -0.786. The van der Waals surface area contributed by atoms with E-state index in [0.29, 0.717) is 11.5 Å². The Labute approximate surface area is 56.6 Å². The maximum Gasteiger partial charge on any atom is 0.282 e. The van der Waals surface area contributed by atoms with Crippen molar-refractivity contribution < 1.29 is 5.17 Å². The molecule has 0 amide bonds. The van der Waals surface area contributed by atoms with Crippen molar-refractivity contribution in [2.24, 2.45) is 10.3 Å². The number of aromatic nitrogens is 1. The fourth-order valence-corrected chi connectivity index (χ4v) is 0.789. The second-order valence-electron chi connectivity index (χ2n) is 1.88. The Morgan fingerprint density at radius 2 is 2.40 bits per heavy atom. The Hall–Kier alpha value is -1.33. The molecule has 5 nitrogen and oxygen atoms in total. The fourth-order valence-electron chi connectivity index (χ4n) is 0.789. The largest absolute Gasteiger partial charge is 0.598 e. The third kappa shape index (κ3) is 0.615. The van der Waals surface area contributed by atoms with Gasteiger partial charge in [-0.05, 0) is 12.1 Å². The molecule has 0 radical (unpaired) electrons. The second-order valence-corrected chi connectivity index (χ2v) is 1.88. The molecular formula is C5H4N4O. The first-order chi connectivity index (χ1) is 4.88. The maximum absolute atomic E-state index is 10.7. The summed E-state index contributed by atoms with van der Waals surface area (Å²) in [5.74, 6) is 0.350. The van der Waals surface area contributed by atoms with E-state index >= 15 is 0 Å². The standard InChI is InChI=1S/C5H4N4O/c10-9-5-4(7-8-9)2-1-3-6-5/h1-3,9H. The highest BCUT2D eigenvalue weighted by atomic mass is 16.5. The number of hydrogen-bond donors (Lipinski definition) is 1. The van der Waals surface area contributed by atoms with Crippen LogP contribution in [0.5, 0.6) is 0 Å². The topological polar surface area (TPSA) is 65.1 Å². The minimum atomic E-state index is -0.351. The van der Waals surface area contributed by atoms with Gasteiger partial charge in [0.05, 0.1) is 0 Å². The minimum absolute atomic E-state index is 0.350. The van der Waals surface area contributed by atoms with E-state index in [0.717, 1.165) is 0 Å². The van der Waals surface area contributed by atoms with Gasteiger partial charge in [0.25, 0.3) is 5.82 Å². The van der Waals surface area contributed by atoms with E-state index in [1.165, 1.54) is 0 Å². The predicted octanol–water partition coefficient (Wildman–Crippen LogP) is 0.108. The molecule has 2 heterocycles. The summed E-state index contributed by atoms with van der Waals surface area (Å²) >= 11 is 0. The molecule has 1 unspecified atom stereocenters. The number of nitrogens with one attached hydrogen (secondary N) is 1. The lowest BCUT2D eigenvalue weighted by Crippen LogP contribution is -2.95. The summed E-state index contributed by atoms with van der Waals surface area (Å²) in [6, 6.07) is 3.42. The molecule has 10 heavy (non-hydrogen) atoms. The van der Waals surface area contributed by atoms with Gasteiger partial charge in [-0.15, -0.1) is 0 Å². The SMILES string of the molecule is [O-][NH+]1N=Nc2cccnc21. The van der Waals surface area contributed by atoms with E-state index in [4.69, 9.17) is 0 Å². The quantitative estimate of drug-likeness (QED) is 0.514. The zero-order chi connectivity index (χ0) is 6.97. The summed E-state index contributed by atoms with van der Waals surface area (Å²) in [6.45, 7) is 0. The molecule has 1 N–H and O–H groups in total. The van der Waals surface area contributed by atoms with E-state index in [2.05, 4.69) is 15.3 Å². The molecule has 1 aliphatic heterocycles. The molecule has 5 heteroatoms. The first-order valence-corrected chi connectivity index (χ1v) is 2.79. The van der Waals surface area contributed by atoms with Gasteiger partial charge in [-0.25, -0.2) is 4.98 Å². The van der Waals surface area contributed by atoms with Crippen molar-refractivity contribution in [3.05, 3.63) is 23.5 Å². The van der Waals surface area contributed by atoms with Gasteiger partial charge in [0.2, 0.25) is 0 Å². The number of rotatable bonds is 0. The average Bonchev–Trinajstić information content (AvgIpc) is 2.34. The van der Waals surface area contributed by atoms with Crippen LogP contribution in [0.25, 0.3) is 0 Å². The number of fused-ring (bicyclic) bond motifs is 1. The third-order valence-electron chi connectivity index (χ3n) is 1.24. The van der Waals surface area contributed by atoms with Gasteiger partial charge in [0.1, 0.15) is 0 Å². The third-order valence-corrected chi connectivity index (χ3v) is 1.24. The Balaban J connectivity index is 2.59. The molecule has 1 aliphatic rings. The Morgan fingerprint density at radius 1 is 1.50 bits per heavy atom. The summed E-state index contributed by atoms with van der Waals surface area (Å²) in [5.41, 5.74) is 0.563. The van der Waals surface area contributed by atoms with Gasteiger partial charge in [0, 0.05) is 11.4 Å². The fraction of sp³-hybridized carbons (Fsp3) is 0. The van der Waals surface area contributed by atoms with Crippen molar-refractivity contribution in [3.63, 3.8) is 0 Å². The van der Waals surface area contributed by atoms with E-state index in [1.807, 2.05) is 0 Å². The number of pyridine rings is 1. The van der Waals surface area contributed by atoms with Crippen molar-refractivity contribution >= 4 is 11.5 Å². The van der Waals surface area contributed by atoms with Crippen LogP contribution < -0.4 is 5.17 Å². The molecule has 1 atom stereocenters. The van der Waals surface area contributed by atoms with Gasteiger partial charge < -0.3 is 5.21 Å². The van der Waals surface area contributed by atoms with Crippen LogP contribution in [-0.4, -0.2) is 4.98 Å². The van der Waals surface area contributed by atoms with Crippen molar-refractivity contribution in [1.82, 2.24) is 4.98 Å². The summed E-state index contributed by atoms with van der Waals surface area (Å²) in [6.07, 6.45) is 1.55. The lowest BCUT2D eigenvalue weighted by Gasteiger charge is -2.04. The second kappa shape index (κ2) is 1.83. The van der Waals surface area contributed by atoms with Crippen LogP contribution in [0.4, 0.5) is 11.5 Å². The van der Waals surface area contributed by atoms with Crippen molar-refractivity contribution in [3.8, 4) is 0 Å². The first kappa shape index (κ1) is 5.45. The van der Waals surface area contributed by atoms with Gasteiger partial charge in [-0.1, -0.05) is 5.11 Å².